The van der Waals surface area contributed by atoms with Crippen LogP contribution in [0.1, 0.15) is 13.8 Å². The molecule has 0 radical (unpaired) electrons. The molecule has 0 aliphatic heterocycles. The number of nitrogens with one attached hydrogen (secondary N) is 2. The predicted octanol–water partition coefficient (Wildman–Crippen LogP) is 0.513. The summed E-state index contributed by atoms with van der Waals surface area (Å²) in [4.78, 5) is 0. The van der Waals surface area contributed by atoms with E-state index in [1.165, 1.54) is 0 Å². The molecule has 2 unspecified atom stereocenters. The molecule has 2 N–H and O–H groups in total. The maximum absolute atomic E-state index is 11.7. The lowest BCUT2D eigenvalue weighted by atomic mass is 10.2. The van der Waals surface area contributed by atoms with Gasteiger partial charge in [0.1, 0.15) is 0 Å². The number of hydrogen-bond donors (Lipinski definition) is 2. The van der Waals surface area contributed by atoms with Gasteiger partial charge in [0.15, 0.2) is 0 Å². The first-order valence-electron chi connectivity index (χ1n) is 5.06. The van der Waals surface area contributed by atoms with E-state index in [0.29, 0.717) is 19.0 Å². The van der Waals surface area contributed by atoms with Crippen molar-refractivity contribution in [2.75, 3.05) is 32.1 Å². The van der Waals surface area contributed by atoms with Gasteiger partial charge in [0.25, 0.3) is 0 Å². The summed E-state index contributed by atoms with van der Waals surface area (Å²) < 4.78 is 26.0. The second-order valence-corrected chi connectivity index (χ2v) is 6.92. The fraction of sp³-hybridized carbons (Fsp3) is 1.00. The highest BCUT2D eigenvalue weighted by atomic mass is 32.2. The number of rotatable bonds is 8. The van der Waals surface area contributed by atoms with Gasteiger partial charge in [-0.25, -0.2) is 13.1 Å². The van der Waals surface area contributed by atoms with Crippen molar-refractivity contribution in [2.45, 2.75) is 19.1 Å². The fourth-order valence-corrected chi connectivity index (χ4v) is 3.02. The van der Waals surface area contributed by atoms with Gasteiger partial charge in [-0.1, -0.05) is 6.92 Å². The second kappa shape index (κ2) is 7.49. The molecule has 0 amide bonds. The number of thioether (sulfide) groups is 1. The molecule has 0 bridgehead atoms. The standard InChI is InChI=1S/C9H22N2O2S2/c1-8(7-14-4)5-11-15(12,13)9(2)6-10-3/h8-11H,5-7H2,1-4H3. The molecule has 0 heterocycles. The topological polar surface area (TPSA) is 58.2 Å². The monoisotopic (exact) mass is 254 g/mol. The van der Waals surface area contributed by atoms with E-state index in [2.05, 4.69) is 10.0 Å². The van der Waals surface area contributed by atoms with Crippen LogP contribution in [0.25, 0.3) is 0 Å². The van der Waals surface area contributed by atoms with Crippen LogP contribution in [-0.4, -0.2) is 45.8 Å². The van der Waals surface area contributed by atoms with E-state index in [1.54, 1.807) is 25.7 Å². The molecule has 92 valence electrons. The maximum atomic E-state index is 11.7. The third kappa shape index (κ3) is 6.40. The summed E-state index contributed by atoms with van der Waals surface area (Å²) in [6.07, 6.45) is 2.02. The highest BCUT2D eigenvalue weighted by molar-refractivity contribution is 7.98. The SMILES string of the molecule is CNCC(C)S(=O)(=O)NCC(C)CSC. The van der Waals surface area contributed by atoms with E-state index in [0.717, 1.165) is 5.75 Å². The van der Waals surface area contributed by atoms with E-state index >= 15 is 0 Å². The van der Waals surface area contributed by atoms with Crippen LogP contribution in [-0.2, 0) is 10.0 Å². The van der Waals surface area contributed by atoms with Crippen molar-refractivity contribution in [1.82, 2.24) is 10.0 Å². The average molecular weight is 254 g/mol. The van der Waals surface area contributed by atoms with Gasteiger partial charge in [-0.05, 0) is 31.9 Å². The maximum Gasteiger partial charge on any atom is 0.215 e. The molecule has 0 saturated heterocycles. The molecule has 6 heteroatoms. The molecule has 0 aromatic carbocycles. The largest absolute Gasteiger partial charge is 0.318 e. The molecule has 2 atom stereocenters. The van der Waals surface area contributed by atoms with Gasteiger partial charge in [0.05, 0.1) is 5.25 Å². The van der Waals surface area contributed by atoms with Crippen LogP contribution in [0.5, 0.6) is 0 Å². The molecule has 0 spiro atoms. The van der Waals surface area contributed by atoms with Crippen LogP contribution in [0.3, 0.4) is 0 Å². The van der Waals surface area contributed by atoms with Crippen LogP contribution in [0.15, 0.2) is 0 Å². The Bertz CT molecular complexity index is 255. The molecule has 4 nitrogen and oxygen atoms in total. The molecule has 0 aliphatic rings. The van der Waals surface area contributed by atoms with E-state index in [4.69, 9.17) is 0 Å². The van der Waals surface area contributed by atoms with Crippen molar-refractivity contribution >= 4 is 21.8 Å². The first-order valence-corrected chi connectivity index (χ1v) is 8.00. The molecular formula is C9H22N2O2S2. The Labute approximate surface area is 97.6 Å². The zero-order valence-corrected chi connectivity index (χ0v) is 11.5. The number of hydrogen-bond acceptors (Lipinski definition) is 4. The molecule has 0 saturated carbocycles. The Morgan fingerprint density at radius 2 is 1.87 bits per heavy atom. The minimum Gasteiger partial charge on any atom is -0.318 e. The Morgan fingerprint density at radius 3 is 2.33 bits per heavy atom. The minimum atomic E-state index is -3.16. The minimum absolute atomic E-state index is 0.372. The Morgan fingerprint density at radius 1 is 1.27 bits per heavy atom. The molecule has 0 rings (SSSR count). The smallest absolute Gasteiger partial charge is 0.215 e. The summed E-state index contributed by atoms with van der Waals surface area (Å²) >= 11 is 1.73. The van der Waals surface area contributed by atoms with Gasteiger partial charge in [0, 0.05) is 13.1 Å². The van der Waals surface area contributed by atoms with Crippen LogP contribution < -0.4 is 10.0 Å². The van der Waals surface area contributed by atoms with Gasteiger partial charge < -0.3 is 5.32 Å². The van der Waals surface area contributed by atoms with Crippen molar-refractivity contribution in [3.05, 3.63) is 0 Å². The number of sulfonamides is 1. The molecule has 0 fully saturated rings. The first-order chi connectivity index (χ1) is 6.94. The van der Waals surface area contributed by atoms with Gasteiger partial charge in [0.2, 0.25) is 10.0 Å². The van der Waals surface area contributed by atoms with Gasteiger partial charge in [-0.15, -0.1) is 0 Å². The summed E-state index contributed by atoms with van der Waals surface area (Å²) in [7, 11) is -1.41. The Hall–Kier alpha value is 0.220. The van der Waals surface area contributed by atoms with Crippen molar-refractivity contribution in [3.63, 3.8) is 0 Å². The summed E-state index contributed by atoms with van der Waals surface area (Å²) in [6.45, 7) is 4.75. The molecular weight excluding hydrogens is 232 g/mol. The third-order valence-corrected chi connectivity index (χ3v) is 4.80. The van der Waals surface area contributed by atoms with Crippen molar-refractivity contribution in [3.8, 4) is 0 Å². The van der Waals surface area contributed by atoms with Crippen LogP contribution in [0.2, 0.25) is 0 Å². The van der Waals surface area contributed by atoms with Gasteiger partial charge >= 0.3 is 0 Å². The molecule has 15 heavy (non-hydrogen) atoms. The summed E-state index contributed by atoms with van der Waals surface area (Å²) in [6, 6.07) is 0. The average Bonchev–Trinajstić information content (AvgIpc) is 2.16. The zero-order chi connectivity index (χ0) is 11.9. The third-order valence-electron chi connectivity index (χ3n) is 2.11. The molecule has 0 aliphatic carbocycles. The van der Waals surface area contributed by atoms with Gasteiger partial charge in [-0.3, -0.25) is 0 Å². The summed E-state index contributed by atoms with van der Waals surface area (Å²) in [5.74, 6) is 1.35. The lowest BCUT2D eigenvalue weighted by molar-refractivity contribution is 0.547. The van der Waals surface area contributed by atoms with Gasteiger partial charge in [-0.2, -0.15) is 11.8 Å². The van der Waals surface area contributed by atoms with Crippen LogP contribution >= 0.6 is 11.8 Å². The quantitative estimate of drug-likeness (QED) is 0.663. The van der Waals surface area contributed by atoms with E-state index < -0.39 is 10.0 Å². The Kier molecular flexibility index (Phi) is 7.60. The normalized spacial score (nSPS) is 16.3. The van der Waals surface area contributed by atoms with Crippen LogP contribution in [0, 0.1) is 5.92 Å². The summed E-state index contributed by atoms with van der Waals surface area (Å²) in [5, 5.41) is 2.48. The Balaban J connectivity index is 4.04. The van der Waals surface area contributed by atoms with Crippen molar-refractivity contribution in [1.29, 1.82) is 0 Å². The molecule has 0 aromatic heterocycles. The highest BCUT2D eigenvalue weighted by Gasteiger charge is 2.19. The lowest BCUT2D eigenvalue weighted by Crippen LogP contribution is -2.40. The van der Waals surface area contributed by atoms with E-state index in [-0.39, 0.29) is 5.25 Å². The fourth-order valence-electron chi connectivity index (χ4n) is 1.14. The van der Waals surface area contributed by atoms with E-state index in [1.807, 2.05) is 13.2 Å². The second-order valence-electron chi connectivity index (χ2n) is 3.82. The first kappa shape index (κ1) is 15.2. The van der Waals surface area contributed by atoms with E-state index in [9.17, 15) is 8.42 Å². The zero-order valence-electron chi connectivity index (χ0n) is 9.91. The van der Waals surface area contributed by atoms with Crippen molar-refractivity contribution < 1.29 is 8.42 Å². The summed E-state index contributed by atoms with van der Waals surface area (Å²) in [5.41, 5.74) is 0. The van der Waals surface area contributed by atoms with Crippen LogP contribution in [0.4, 0.5) is 0 Å². The molecule has 0 aromatic rings. The van der Waals surface area contributed by atoms with Crippen molar-refractivity contribution in [2.24, 2.45) is 5.92 Å². The predicted molar refractivity (Wildman–Crippen MR) is 67.9 cm³/mol. The lowest BCUT2D eigenvalue weighted by Gasteiger charge is -2.16. The highest BCUT2D eigenvalue weighted by Crippen LogP contribution is 2.04.